The average Bonchev–Trinajstić information content (AvgIpc) is 3.45. The van der Waals surface area contributed by atoms with Gasteiger partial charge in [-0.15, -0.1) is 0 Å². The number of thiocarbonyl (C=S) groups is 1. The lowest BCUT2D eigenvalue weighted by molar-refractivity contribution is -0.143. The molecular weight excluding hydrogens is 412 g/mol. The fraction of sp³-hybridized carbons (Fsp3) is 0.348. The molecular formula is C23H26N4O3S. The summed E-state index contributed by atoms with van der Waals surface area (Å²) in [6, 6.07) is 11.5. The van der Waals surface area contributed by atoms with Crippen molar-refractivity contribution in [1.29, 1.82) is 0 Å². The van der Waals surface area contributed by atoms with Crippen molar-refractivity contribution in [2.24, 2.45) is 0 Å². The molecule has 0 spiro atoms. The lowest BCUT2D eigenvalue weighted by Crippen LogP contribution is -2.35. The number of furan rings is 1. The maximum Gasteiger partial charge on any atom is 0.325 e. The predicted molar refractivity (Wildman–Crippen MR) is 121 cm³/mol. The van der Waals surface area contributed by atoms with Crippen molar-refractivity contribution in [3.05, 3.63) is 77.3 Å². The first kappa shape index (κ1) is 21.1. The quantitative estimate of drug-likeness (QED) is 0.446. The van der Waals surface area contributed by atoms with Gasteiger partial charge in [0.25, 0.3) is 0 Å². The van der Waals surface area contributed by atoms with Crippen molar-refractivity contribution >= 4 is 23.3 Å². The normalized spacial score (nSPS) is 18.3. The Morgan fingerprint density at radius 3 is 2.81 bits per heavy atom. The number of nitrogens with zero attached hydrogens (tertiary/aromatic N) is 3. The zero-order chi connectivity index (χ0) is 22.0. The van der Waals surface area contributed by atoms with Gasteiger partial charge >= 0.3 is 5.97 Å². The number of nitrogens with one attached hydrogen (secondary N) is 1. The second-order valence-corrected chi connectivity index (χ2v) is 7.94. The maximum absolute atomic E-state index is 12.3. The van der Waals surface area contributed by atoms with Crippen LogP contribution in [0.2, 0.25) is 0 Å². The molecule has 3 aromatic heterocycles. The average molecular weight is 439 g/mol. The van der Waals surface area contributed by atoms with E-state index in [-0.39, 0.29) is 24.6 Å². The SMILES string of the molecule is CCOC(=O)CN1C(=S)NC(c2ccccn2)C1c1cc(C)n(Cc2ccco2)c1C. The standard InChI is InChI=1S/C23H26N4O3S/c1-4-29-20(28)14-27-22(21(25-23(27)31)19-9-5-6-10-24-19)18-12-15(2)26(16(18)3)13-17-8-7-11-30-17/h5-12,21-22H,4,13-14H2,1-3H3,(H,25,31). The molecule has 1 aliphatic heterocycles. The van der Waals surface area contributed by atoms with E-state index in [4.69, 9.17) is 21.4 Å². The Bertz CT molecular complexity index is 1060. The summed E-state index contributed by atoms with van der Waals surface area (Å²) in [4.78, 5) is 18.8. The molecule has 8 heteroatoms. The summed E-state index contributed by atoms with van der Waals surface area (Å²) in [6.07, 6.45) is 3.45. The molecule has 0 saturated carbocycles. The number of ether oxygens (including phenoxy) is 1. The van der Waals surface area contributed by atoms with Crippen LogP contribution in [0.5, 0.6) is 0 Å². The van der Waals surface area contributed by atoms with Gasteiger partial charge in [0.05, 0.1) is 37.2 Å². The number of esters is 1. The molecule has 7 nitrogen and oxygen atoms in total. The largest absolute Gasteiger partial charge is 0.467 e. The number of aryl methyl sites for hydroxylation is 1. The number of hydrogen-bond acceptors (Lipinski definition) is 5. The van der Waals surface area contributed by atoms with Gasteiger partial charge in [0, 0.05) is 17.6 Å². The van der Waals surface area contributed by atoms with E-state index in [1.54, 1.807) is 19.4 Å². The molecule has 31 heavy (non-hydrogen) atoms. The van der Waals surface area contributed by atoms with Gasteiger partial charge in [0.15, 0.2) is 5.11 Å². The summed E-state index contributed by atoms with van der Waals surface area (Å²) >= 11 is 5.63. The van der Waals surface area contributed by atoms with Gasteiger partial charge in [-0.25, -0.2) is 0 Å². The van der Waals surface area contributed by atoms with Gasteiger partial charge in [-0.05, 0) is 68.9 Å². The Morgan fingerprint density at radius 2 is 2.13 bits per heavy atom. The molecule has 1 saturated heterocycles. The van der Waals surface area contributed by atoms with Crippen molar-refractivity contribution in [2.45, 2.75) is 39.4 Å². The van der Waals surface area contributed by atoms with Crippen LogP contribution in [0.1, 0.15) is 47.4 Å². The van der Waals surface area contributed by atoms with E-state index in [0.717, 1.165) is 28.4 Å². The third-order valence-electron chi connectivity index (χ3n) is 5.63. The van der Waals surface area contributed by atoms with Crippen molar-refractivity contribution in [2.75, 3.05) is 13.2 Å². The van der Waals surface area contributed by atoms with Crippen LogP contribution < -0.4 is 5.32 Å². The Morgan fingerprint density at radius 1 is 1.29 bits per heavy atom. The van der Waals surface area contributed by atoms with Crippen LogP contribution in [-0.4, -0.2) is 38.7 Å². The summed E-state index contributed by atoms with van der Waals surface area (Å²) in [7, 11) is 0. The topological polar surface area (TPSA) is 72.5 Å². The third kappa shape index (κ3) is 4.20. The van der Waals surface area contributed by atoms with E-state index in [0.29, 0.717) is 18.3 Å². The molecule has 1 aliphatic rings. The van der Waals surface area contributed by atoms with E-state index >= 15 is 0 Å². The van der Waals surface area contributed by atoms with Gasteiger partial charge in [0.2, 0.25) is 0 Å². The molecule has 2 unspecified atom stereocenters. The lowest BCUT2D eigenvalue weighted by Gasteiger charge is -2.27. The highest BCUT2D eigenvalue weighted by Crippen LogP contribution is 2.40. The minimum atomic E-state index is -0.303. The lowest BCUT2D eigenvalue weighted by atomic mass is 9.97. The second kappa shape index (κ2) is 8.93. The van der Waals surface area contributed by atoms with Gasteiger partial charge < -0.3 is 23.9 Å². The van der Waals surface area contributed by atoms with E-state index in [9.17, 15) is 4.79 Å². The van der Waals surface area contributed by atoms with Crippen molar-refractivity contribution in [3.63, 3.8) is 0 Å². The molecule has 1 N–H and O–H groups in total. The molecule has 3 aromatic rings. The molecule has 0 aliphatic carbocycles. The van der Waals surface area contributed by atoms with Gasteiger partial charge in [-0.3, -0.25) is 9.78 Å². The van der Waals surface area contributed by atoms with Crippen molar-refractivity contribution in [1.82, 2.24) is 19.8 Å². The third-order valence-corrected chi connectivity index (χ3v) is 5.98. The van der Waals surface area contributed by atoms with Crippen molar-refractivity contribution in [3.8, 4) is 0 Å². The van der Waals surface area contributed by atoms with Crippen LogP contribution >= 0.6 is 12.2 Å². The molecule has 162 valence electrons. The fourth-order valence-electron chi connectivity index (χ4n) is 4.19. The number of hydrogen-bond donors (Lipinski definition) is 1. The summed E-state index contributed by atoms with van der Waals surface area (Å²) in [5.41, 5.74) is 4.17. The number of aromatic nitrogens is 2. The Hall–Kier alpha value is -3.13. The van der Waals surface area contributed by atoms with Crippen LogP contribution in [0.25, 0.3) is 0 Å². The van der Waals surface area contributed by atoms with Crippen LogP contribution in [-0.2, 0) is 16.1 Å². The summed E-state index contributed by atoms with van der Waals surface area (Å²) in [5.74, 6) is 0.584. The molecule has 0 radical (unpaired) electrons. The van der Waals surface area contributed by atoms with E-state index in [2.05, 4.69) is 34.8 Å². The zero-order valence-corrected chi connectivity index (χ0v) is 18.7. The Kier molecular flexibility index (Phi) is 6.08. The predicted octanol–water partition coefficient (Wildman–Crippen LogP) is 3.68. The highest BCUT2D eigenvalue weighted by atomic mass is 32.1. The first-order valence-corrected chi connectivity index (χ1v) is 10.7. The van der Waals surface area contributed by atoms with Crippen LogP contribution in [0.4, 0.5) is 0 Å². The number of pyridine rings is 1. The number of rotatable bonds is 7. The Labute approximate surface area is 187 Å². The van der Waals surface area contributed by atoms with E-state index in [1.165, 1.54) is 0 Å². The summed E-state index contributed by atoms with van der Waals surface area (Å²) in [6.45, 7) is 7.01. The maximum atomic E-state index is 12.3. The molecule has 0 amide bonds. The van der Waals surface area contributed by atoms with Gasteiger partial charge in [-0.1, -0.05) is 6.07 Å². The molecule has 2 atom stereocenters. The van der Waals surface area contributed by atoms with Crippen LogP contribution in [0.15, 0.2) is 53.3 Å². The molecule has 0 bridgehead atoms. The fourth-order valence-corrected chi connectivity index (χ4v) is 4.49. The molecule has 4 heterocycles. The van der Waals surface area contributed by atoms with E-state index < -0.39 is 0 Å². The first-order chi connectivity index (χ1) is 15.0. The highest BCUT2D eigenvalue weighted by Gasteiger charge is 2.42. The molecule has 0 aromatic carbocycles. The minimum absolute atomic E-state index is 0.0789. The van der Waals surface area contributed by atoms with E-state index in [1.807, 2.05) is 35.2 Å². The monoisotopic (exact) mass is 438 g/mol. The van der Waals surface area contributed by atoms with Crippen LogP contribution in [0.3, 0.4) is 0 Å². The van der Waals surface area contributed by atoms with Crippen molar-refractivity contribution < 1.29 is 13.9 Å². The smallest absolute Gasteiger partial charge is 0.325 e. The second-order valence-electron chi connectivity index (χ2n) is 7.55. The number of carbonyl (C=O) groups is 1. The van der Waals surface area contributed by atoms with Gasteiger partial charge in [-0.2, -0.15) is 0 Å². The number of carbonyl (C=O) groups excluding carboxylic acids is 1. The zero-order valence-electron chi connectivity index (χ0n) is 17.9. The first-order valence-electron chi connectivity index (χ1n) is 10.3. The summed E-state index contributed by atoms with van der Waals surface area (Å²) in [5, 5.41) is 3.90. The highest BCUT2D eigenvalue weighted by molar-refractivity contribution is 7.80. The summed E-state index contributed by atoms with van der Waals surface area (Å²) < 4.78 is 13.0. The molecule has 4 rings (SSSR count). The Balaban J connectivity index is 1.74. The molecule has 1 fully saturated rings. The van der Waals surface area contributed by atoms with Gasteiger partial charge in [0.1, 0.15) is 12.3 Å². The minimum Gasteiger partial charge on any atom is -0.467 e. The van der Waals surface area contributed by atoms with Crippen LogP contribution in [0, 0.1) is 13.8 Å².